The van der Waals surface area contributed by atoms with E-state index in [2.05, 4.69) is 19.2 Å². The Morgan fingerprint density at radius 2 is 1.88 bits per heavy atom. The van der Waals surface area contributed by atoms with Crippen molar-refractivity contribution in [2.75, 3.05) is 12.4 Å². The lowest BCUT2D eigenvalue weighted by Gasteiger charge is -2.27. The van der Waals surface area contributed by atoms with Crippen LogP contribution in [0.3, 0.4) is 0 Å². The number of fused-ring (bicyclic) bond motifs is 3. The minimum atomic E-state index is -0.473. The van der Waals surface area contributed by atoms with Crippen molar-refractivity contribution >= 4 is 46.0 Å². The Bertz CT molecular complexity index is 1090. The first-order valence-electron chi connectivity index (χ1n) is 10.6. The third-order valence-corrected chi connectivity index (χ3v) is 6.30. The fourth-order valence-electron chi connectivity index (χ4n) is 3.61. The molecule has 0 unspecified atom stereocenters. The van der Waals surface area contributed by atoms with Gasteiger partial charge >= 0.3 is 0 Å². The molecule has 7 nitrogen and oxygen atoms in total. The average Bonchev–Trinajstić information content (AvgIpc) is 3.10. The fraction of sp³-hybridized carbons (Fsp3) is 0.333. The van der Waals surface area contributed by atoms with Gasteiger partial charge in [0.15, 0.2) is 5.17 Å². The molecule has 0 fully saturated rings. The second kappa shape index (κ2) is 9.16. The molecule has 2 aromatic rings. The van der Waals surface area contributed by atoms with Crippen LogP contribution in [0.25, 0.3) is 0 Å². The lowest BCUT2D eigenvalue weighted by molar-refractivity contribution is -0.125. The Labute approximate surface area is 192 Å². The summed E-state index contributed by atoms with van der Waals surface area (Å²) in [5, 5.41) is 2.91. The van der Waals surface area contributed by atoms with Gasteiger partial charge in [-0.05, 0) is 55.7 Å². The van der Waals surface area contributed by atoms with Crippen molar-refractivity contribution in [2.45, 2.75) is 38.5 Å². The van der Waals surface area contributed by atoms with E-state index >= 15 is 0 Å². The lowest BCUT2D eigenvalue weighted by atomic mass is 10.0. The van der Waals surface area contributed by atoms with Crippen molar-refractivity contribution in [1.29, 1.82) is 0 Å². The molecule has 0 saturated heterocycles. The number of carbonyl (C=O) groups excluding carboxylic acids is 2. The third kappa shape index (κ3) is 4.41. The summed E-state index contributed by atoms with van der Waals surface area (Å²) in [7, 11) is 1.60. The van der Waals surface area contributed by atoms with Gasteiger partial charge in [-0.15, -0.1) is 0 Å². The van der Waals surface area contributed by atoms with E-state index in [0.717, 1.165) is 17.0 Å². The average molecular weight is 451 g/mol. The van der Waals surface area contributed by atoms with E-state index in [0.29, 0.717) is 29.0 Å². The Morgan fingerprint density at radius 1 is 1.16 bits per heavy atom. The van der Waals surface area contributed by atoms with E-state index in [4.69, 9.17) is 14.7 Å². The van der Waals surface area contributed by atoms with E-state index in [9.17, 15) is 9.59 Å². The Balaban J connectivity index is 1.55. The number of thioether (sulfide) groups is 1. The second-order valence-electron chi connectivity index (χ2n) is 8.16. The van der Waals surface area contributed by atoms with Crippen LogP contribution in [0.15, 0.2) is 58.5 Å². The number of anilines is 1. The molecule has 0 bridgehead atoms. The number of amides is 2. The molecule has 4 rings (SSSR count). The highest BCUT2D eigenvalue weighted by Gasteiger charge is 2.42. The molecule has 32 heavy (non-hydrogen) atoms. The number of hydrogen-bond acceptors (Lipinski definition) is 6. The summed E-state index contributed by atoms with van der Waals surface area (Å²) in [6.45, 7) is 5.96. The van der Waals surface area contributed by atoms with Gasteiger partial charge in [-0.25, -0.2) is 9.89 Å². The van der Waals surface area contributed by atoms with Crippen molar-refractivity contribution in [1.82, 2.24) is 4.90 Å². The number of nitrogens with one attached hydrogen (secondary N) is 1. The van der Waals surface area contributed by atoms with Crippen molar-refractivity contribution in [3.05, 3.63) is 54.1 Å². The first-order chi connectivity index (χ1) is 15.4. The lowest BCUT2D eigenvalue weighted by Crippen LogP contribution is -2.42. The molecule has 0 spiro atoms. The van der Waals surface area contributed by atoms with Crippen LogP contribution in [0, 0.1) is 5.92 Å². The summed E-state index contributed by atoms with van der Waals surface area (Å²) in [5.74, 6) is 1.42. The Morgan fingerprint density at radius 3 is 2.56 bits per heavy atom. The number of benzene rings is 2. The van der Waals surface area contributed by atoms with Crippen LogP contribution in [0.1, 0.15) is 32.8 Å². The van der Waals surface area contributed by atoms with Gasteiger partial charge < -0.3 is 10.1 Å². The number of carbonyl (C=O) groups is 2. The predicted molar refractivity (Wildman–Crippen MR) is 129 cm³/mol. The minimum absolute atomic E-state index is 0.0859. The number of ether oxygens (including phenoxy) is 1. The van der Waals surface area contributed by atoms with Crippen LogP contribution < -0.4 is 10.1 Å². The fourth-order valence-corrected chi connectivity index (χ4v) is 4.53. The van der Waals surface area contributed by atoms with Crippen LogP contribution in [0.5, 0.6) is 5.75 Å². The largest absolute Gasteiger partial charge is 0.497 e. The van der Waals surface area contributed by atoms with Gasteiger partial charge in [0.2, 0.25) is 5.91 Å². The molecule has 2 heterocycles. The van der Waals surface area contributed by atoms with Crippen molar-refractivity contribution in [2.24, 2.45) is 15.9 Å². The molecule has 166 valence electrons. The molecule has 8 heteroatoms. The molecule has 2 aliphatic heterocycles. The Kier molecular flexibility index (Phi) is 6.32. The number of aliphatic imine (C=N–C) groups is 2. The third-order valence-electron chi connectivity index (χ3n) is 5.25. The molecule has 2 atom stereocenters. The van der Waals surface area contributed by atoms with E-state index in [1.807, 2.05) is 24.3 Å². The molecule has 0 aliphatic carbocycles. The quantitative estimate of drug-likeness (QED) is 0.704. The zero-order valence-electron chi connectivity index (χ0n) is 18.5. The van der Waals surface area contributed by atoms with Gasteiger partial charge in [0.05, 0.1) is 18.0 Å². The number of hydrogen-bond donors (Lipinski definition) is 1. The number of para-hydroxylation sites is 1. The predicted octanol–water partition coefficient (Wildman–Crippen LogP) is 4.46. The molecule has 2 aromatic carbocycles. The molecule has 2 amide bonds. The zero-order valence-corrected chi connectivity index (χ0v) is 19.3. The van der Waals surface area contributed by atoms with Crippen LogP contribution in [-0.4, -0.2) is 46.1 Å². The van der Waals surface area contributed by atoms with E-state index < -0.39 is 11.3 Å². The van der Waals surface area contributed by atoms with Crippen LogP contribution in [0.4, 0.5) is 11.4 Å². The summed E-state index contributed by atoms with van der Waals surface area (Å²) in [6, 6.07) is 14.4. The Hall–Kier alpha value is -3.13. The first-order valence-corrected chi connectivity index (χ1v) is 11.5. The van der Waals surface area contributed by atoms with E-state index in [-0.39, 0.29) is 11.8 Å². The van der Waals surface area contributed by atoms with Gasteiger partial charge in [0, 0.05) is 11.3 Å². The minimum Gasteiger partial charge on any atom is -0.497 e. The van der Waals surface area contributed by atoms with Crippen LogP contribution >= 0.6 is 11.8 Å². The van der Waals surface area contributed by atoms with Gasteiger partial charge in [-0.1, -0.05) is 37.7 Å². The van der Waals surface area contributed by atoms with E-state index in [1.54, 1.807) is 43.2 Å². The van der Waals surface area contributed by atoms with Gasteiger partial charge in [0.25, 0.3) is 5.91 Å². The summed E-state index contributed by atoms with van der Waals surface area (Å²) in [6.07, 6.45) is 0.673. The standard InChI is InChI=1S/C24H26N4O3S/c1-14(2)13-20-23(30)28-21(26-20)18-7-5-6-8-19(18)27-24(28)32-15(3)22(29)25-16-9-11-17(31-4)12-10-16/h5-12,14-15,20H,13H2,1-4H3,(H,25,29)/t15-,20-/m1/s1. The van der Waals surface area contributed by atoms with Crippen molar-refractivity contribution < 1.29 is 14.3 Å². The van der Waals surface area contributed by atoms with Crippen molar-refractivity contribution in [3.8, 4) is 5.75 Å². The molecule has 0 saturated carbocycles. The molecule has 0 aromatic heterocycles. The number of amidine groups is 2. The van der Waals surface area contributed by atoms with Crippen LogP contribution in [-0.2, 0) is 9.59 Å². The van der Waals surface area contributed by atoms with Crippen molar-refractivity contribution in [3.63, 3.8) is 0 Å². The molecule has 2 aliphatic rings. The topological polar surface area (TPSA) is 83.4 Å². The number of methoxy groups -OCH3 is 1. The normalized spacial score (nSPS) is 18.0. The van der Waals surface area contributed by atoms with Crippen LogP contribution in [0.2, 0.25) is 0 Å². The summed E-state index contributed by atoms with van der Waals surface area (Å²) in [4.78, 5) is 37.1. The van der Waals surface area contributed by atoms with Gasteiger partial charge in [-0.2, -0.15) is 0 Å². The smallest absolute Gasteiger partial charge is 0.259 e. The first kappa shape index (κ1) is 22.1. The highest BCUT2D eigenvalue weighted by molar-refractivity contribution is 8.15. The second-order valence-corrected chi connectivity index (χ2v) is 9.47. The summed E-state index contributed by atoms with van der Waals surface area (Å²) in [5.41, 5.74) is 2.27. The highest BCUT2D eigenvalue weighted by Crippen LogP contribution is 2.35. The highest BCUT2D eigenvalue weighted by atomic mass is 32.2. The maximum atomic E-state index is 13.2. The number of rotatable bonds is 6. The molecular weight excluding hydrogens is 424 g/mol. The zero-order chi connectivity index (χ0) is 22.8. The maximum absolute atomic E-state index is 13.2. The monoisotopic (exact) mass is 450 g/mol. The molecular formula is C24H26N4O3S. The number of nitrogens with zero attached hydrogens (tertiary/aromatic N) is 3. The van der Waals surface area contributed by atoms with E-state index in [1.165, 1.54) is 11.8 Å². The summed E-state index contributed by atoms with van der Waals surface area (Å²) >= 11 is 1.26. The molecule has 0 radical (unpaired) electrons. The SMILES string of the molecule is COc1ccc(NC(=O)[C@@H](C)SC2=Nc3ccccc3C3=N[C@H](CC(C)C)C(=O)N23)cc1. The maximum Gasteiger partial charge on any atom is 0.259 e. The summed E-state index contributed by atoms with van der Waals surface area (Å²) < 4.78 is 5.15. The van der Waals surface area contributed by atoms with Gasteiger partial charge in [0.1, 0.15) is 17.6 Å². The van der Waals surface area contributed by atoms with Gasteiger partial charge in [-0.3, -0.25) is 14.6 Å². The molecule has 1 N–H and O–H groups in total.